The summed E-state index contributed by atoms with van der Waals surface area (Å²) < 4.78 is 39.4. The van der Waals surface area contributed by atoms with Crippen LogP contribution < -0.4 is 4.74 Å². The highest BCUT2D eigenvalue weighted by Crippen LogP contribution is 2.16. The molecule has 1 heterocycles. The van der Waals surface area contributed by atoms with Crippen LogP contribution in [0.2, 0.25) is 0 Å². The van der Waals surface area contributed by atoms with E-state index in [9.17, 15) is 18.0 Å². The minimum atomic E-state index is -4.40. The van der Waals surface area contributed by atoms with Gasteiger partial charge in [0.1, 0.15) is 5.69 Å². The number of aromatic nitrogens is 1. The van der Waals surface area contributed by atoms with Crippen molar-refractivity contribution in [3.63, 3.8) is 0 Å². The minimum absolute atomic E-state index is 0.0321. The summed E-state index contributed by atoms with van der Waals surface area (Å²) in [5.74, 6) is -0.216. The van der Waals surface area contributed by atoms with E-state index in [1.807, 2.05) is 0 Å². The van der Waals surface area contributed by atoms with Crippen molar-refractivity contribution in [1.29, 1.82) is 0 Å². The van der Waals surface area contributed by atoms with Crippen LogP contribution in [0.15, 0.2) is 18.2 Å². The molecule has 1 aromatic rings. The van der Waals surface area contributed by atoms with E-state index in [1.165, 1.54) is 18.2 Å². The molecule has 14 heavy (non-hydrogen) atoms. The number of rotatable bonds is 3. The van der Waals surface area contributed by atoms with Crippen molar-refractivity contribution < 1.29 is 22.7 Å². The first-order chi connectivity index (χ1) is 6.51. The standard InChI is InChI=1S/C8H6F3NO2/c9-8(10,11)5-14-7-3-1-2-6(4-13)12-7/h1-4H,5H2. The van der Waals surface area contributed by atoms with Crippen LogP contribution in [0.5, 0.6) is 5.88 Å². The molecule has 76 valence electrons. The Labute approximate surface area is 77.5 Å². The number of hydrogen-bond donors (Lipinski definition) is 0. The van der Waals surface area contributed by atoms with Crippen LogP contribution in [-0.2, 0) is 0 Å². The molecule has 0 amide bonds. The molecule has 0 saturated carbocycles. The second kappa shape index (κ2) is 4.08. The van der Waals surface area contributed by atoms with Gasteiger partial charge in [-0.2, -0.15) is 13.2 Å². The minimum Gasteiger partial charge on any atom is -0.468 e. The van der Waals surface area contributed by atoms with Gasteiger partial charge in [0.2, 0.25) is 5.88 Å². The first kappa shape index (κ1) is 10.5. The summed E-state index contributed by atoms with van der Waals surface area (Å²) in [5.41, 5.74) is 0.0321. The molecule has 0 atom stereocenters. The summed E-state index contributed by atoms with van der Waals surface area (Å²) in [6.07, 6.45) is -3.97. The van der Waals surface area contributed by atoms with Gasteiger partial charge in [-0.05, 0) is 6.07 Å². The molecule has 6 heteroatoms. The lowest BCUT2D eigenvalue weighted by Gasteiger charge is -2.07. The maximum absolute atomic E-state index is 11.7. The van der Waals surface area contributed by atoms with Gasteiger partial charge in [-0.1, -0.05) is 6.07 Å². The van der Waals surface area contributed by atoms with E-state index in [4.69, 9.17) is 0 Å². The number of alkyl halides is 3. The number of carbonyl (C=O) groups is 1. The van der Waals surface area contributed by atoms with Crippen LogP contribution in [0.1, 0.15) is 10.5 Å². The van der Waals surface area contributed by atoms with E-state index in [-0.39, 0.29) is 11.6 Å². The van der Waals surface area contributed by atoms with Crippen LogP contribution in [-0.4, -0.2) is 24.1 Å². The summed E-state index contributed by atoms with van der Waals surface area (Å²) in [7, 11) is 0. The number of halogens is 3. The van der Waals surface area contributed by atoms with Gasteiger partial charge in [-0.15, -0.1) is 0 Å². The van der Waals surface area contributed by atoms with E-state index < -0.39 is 12.8 Å². The quantitative estimate of drug-likeness (QED) is 0.706. The predicted octanol–water partition coefficient (Wildman–Crippen LogP) is 1.84. The molecule has 0 N–H and O–H groups in total. The molecular weight excluding hydrogens is 199 g/mol. The second-order valence-corrected chi connectivity index (χ2v) is 2.42. The van der Waals surface area contributed by atoms with Crippen molar-refractivity contribution in [2.24, 2.45) is 0 Å². The Balaban J connectivity index is 2.63. The topological polar surface area (TPSA) is 39.2 Å². The Hall–Kier alpha value is -1.59. The molecule has 0 aliphatic rings. The summed E-state index contributed by atoms with van der Waals surface area (Å²) in [6, 6.07) is 4.01. The zero-order chi connectivity index (χ0) is 10.6. The third-order valence-corrected chi connectivity index (χ3v) is 1.25. The summed E-state index contributed by atoms with van der Waals surface area (Å²) >= 11 is 0. The van der Waals surface area contributed by atoms with Crippen LogP contribution >= 0.6 is 0 Å². The van der Waals surface area contributed by atoms with E-state index in [2.05, 4.69) is 9.72 Å². The van der Waals surface area contributed by atoms with Gasteiger partial charge in [-0.3, -0.25) is 4.79 Å². The number of pyridine rings is 1. The van der Waals surface area contributed by atoms with Gasteiger partial charge in [0.15, 0.2) is 12.9 Å². The van der Waals surface area contributed by atoms with Crippen molar-refractivity contribution in [3.05, 3.63) is 23.9 Å². The Bertz CT molecular complexity index is 325. The summed E-state index contributed by atoms with van der Waals surface area (Å²) in [5, 5.41) is 0. The van der Waals surface area contributed by atoms with E-state index in [1.54, 1.807) is 0 Å². The molecule has 0 bridgehead atoms. The molecule has 0 saturated heterocycles. The third kappa shape index (κ3) is 3.42. The van der Waals surface area contributed by atoms with Gasteiger partial charge < -0.3 is 4.74 Å². The third-order valence-electron chi connectivity index (χ3n) is 1.25. The van der Waals surface area contributed by atoms with E-state index in [0.717, 1.165) is 0 Å². The number of carbonyl (C=O) groups excluding carboxylic acids is 1. The van der Waals surface area contributed by atoms with Gasteiger partial charge in [-0.25, -0.2) is 4.98 Å². The number of aldehydes is 1. The van der Waals surface area contributed by atoms with Gasteiger partial charge in [0.05, 0.1) is 0 Å². The monoisotopic (exact) mass is 205 g/mol. The van der Waals surface area contributed by atoms with Crippen molar-refractivity contribution >= 4 is 6.29 Å². The normalized spacial score (nSPS) is 11.1. The number of hydrogen-bond acceptors (Lipinski definition) is 3. The smallest absolute Gasteiger partial charge is 0.422 e. The maximum atomic E-state index is 11.7. The summed E-state index contributed by atoms with van der Waals surface area (Å²) in [6.45, 7) is -1.41. The van der Waals surface area contributed by atoms with Crippen LogP contribution in [0.4, 0.5) is 13.2 Å². The Morgan fingerprint density at radius 3 is 2.71 bits per heavy atom. The van der Waals surface area contributed by atoms with Gasteiger partial charge in [0, 0.05) is 6.07 Å². The van der Waals surface area contributed by atoms with Gasteiger partial charge >= 0.3 is 6.18 Å². The molecule has 0 aliphatic heterocycles. The zero-order valence-corrected chi connectivity index (χ0v) is 6.91. The van der Waals surface area contributed by atoms with Gasteiger partial charge in [0.25, 0.3) is 0 Å². The average Bonchev–Trinajstić information content (AvgIpc) is 2.14. The van der Waals surface area contributed by atoms with Crippen molar-refractivity contribution in [2.75, 3.05) is 6.61 Å². The first-order valence-electron chi connectivity index (χ1n) is 3.63. The molecule has 0 spiro atoms. The number of nitrogens with zero attached hydrogens (tertiary/aromatic N) is 1. The highest BCUT2D eigenvalue weighted by atomic mass is 19.4. The molecule has 0 fully saturated rings. The molecule has 0 aromatic carbocycles. The lowest BCUT2D eigenvalue weighted by atomic mass is 10.4. The molecular formula is C8H6F3NO2. The van der Waals surface area contributed by atoms with E-state index >= 15 is 0 Å². The SMILES string of the molecule is O=Cc1cccc(OCC(F)(F)F)n1. The van der Waals surface area contributed by atoms with Crippen molar-refractivity contribution in [2.45, 2.75) is 6.18 Å². The highest BCUT2D eigenvalue weighted by molar-refractivity contribution is 5.71. The molecule has 0 radical (unpaired) electrons. The fourth-order valence-corrected chi connectivity index (χ4v) is 0.733. The molecule has 1 rings (SSSR count). The van der Waals surface area contributed by atoms with E-state index in [0.29, 0.717) is 6.29 Å². The zero-order valence-electron chi connectivity index (χ0n) is 6.91. The summed E-state index contributed by atoms with van der Waals surface area (Å²) in [4.78, 5) is 13.7. The Morgan fingerprint density at radius 1 is 1.43 bits per heavy atom. The molecule has 1 aromatic heterocycles. The largest absolute Gasteiger partial charge is 0.468 e. The predicted molar refractivity (Wildman–Crippen MR) is 41.2 cm³/mol. The lowest BCUT2D eigenvalue weighted by molar-refractivity contribution is -0.154. The Morgan fingerprint density at radius 2 is 2.14 bits per heavy atom. The van der Waals surface area contributed by atoms with Crippen LogP contribution in [0.3, 0.4) is 0 Å². The fraction of sp³-hybridized carbons (Fsp3) is 0.250. The fourth-order valence-electron chi connectivity index (χ4n) is 0.733. The number of ether oxygens (including phenoxy) is 1. The van der Waals surface area contributed by atoms with Crippen LogP contribution in [0.25, 0.3) is 0 Å². The molecule has 0 unspecified atom stereocenters. The average molecular weight is 205 g/mol. The molecule has 3 nitrogen and oxygen atoms in total. The highest BCUT2D eigenvalue weighted by Gasteiger charge is 2.28. The first-order valence-corrected chi connectivity index (χ1v) is 3.63. The Kier molecular flexibility index (Phi) is 3.06. The van der Waals surface area contributed by atoms with Crippen molar-refractivity contribution in [3.8, 4) is 5.88 Å². The van der Waals surface area contributed by atoms with Crippen molar-refractivity contribution in [1.82, 2.24) is 4.98 Å². The second-order valence-electron chi connectivity index (χ2n) is 2.42. The lowest BCUT2D eigenvalue weighted by Crippen LogP contribution is -2.19. The van der Waals surface area contributed by atoms with Crippen LogP contribution in [0, 0.1) is 0 Å². The maximum Gasteiger partial charge on any atom is 0.422 e. The molecule has 0 aliphatic carbocycles.